The monoisotopic (exact) mass is 233 g/mol. The summed E-state index contributed by atoms with van der Waals surface area (Å²) in [6.07, 6.45) is 1.63. The Hall–Kier alpha value is -1.75. The average Bonchev–Trinajstić information content (AvgIpc) is 2.78. The van der Waals surface area contributed by atoms with Crippen LogP contribution in [0.1, 0.15) is 18.9 Å². The topological polar surface area (TPSA) is 66.5 Å². The van der Waals surface area contributed by atoms with Crippen LogP contribution in [-0.2, 0) is 5.54 Å². The van der Waals surface area contributed by atoms with Crippen molar-refractivity contribution in [1.82, 2.24) is 0 Å². The number of aliphatic hydroxyl groups is 1. The Morgan fingerprint density at radius 3 is 2.88 bits per heavy atom. The van der Waals surface area contributed by atoms with E-state index < -0.39 is 11.6 Å². The minimum Gasteiger partial charge on any atom is -0.497 e. The lowest BCUT2D eigenvalue weighted by Crippen LogP contribution is -2.28. The molecular weight excluding hydrogens is 218 g/mol. The highest BCUT2D eigenvalue weighted by Crippen LogP contribution is 2.34. The Bertz CT molecular complexity index is 443. The molecule has 0 aromatic heterocycles. The molecule has 0 saturated carbocycles. The Morgan fingerprint density at radius 2 is 2.29 bits per heavy atom. The molecular formula is C12H15N3O2. The van der Waals surface area contributed by atoms with Crippen molar-refractivity contribution in [3.63, 3.8) is 0 Å². The second-order valence-electron chi connectivity index (χ2n) is 4.14. The number of nitrogens with zero attached hydrogens (tertiary/aromatic N) is 3. The van der Waals surface area contributed by atoms with Gasteiger partial charge in [-0.1, -0.05) is 12.1 Å². The number of aliphatic hydroxyl groups excluding tert-OH is 1. The molecule has 1 N–H and O–H groups in total. The first-order valence-corrected chi connectivity index (χ1v) is 5.45. The summed E-state index contributed by atoms with van der Waals surface area (Å²) in [5, 5.41) is 21.2. The average molecular weight is 233 g/mol. The highest BCUT2D eigenvalue weighted by molar-refractivity contribution is 5.74. The highest BCUT2D eigenvalue weighted by Gasteiger charge is 2.35. The molecule has 0 saturated heterocycles. The lowest BCUT2D eigenvalue weighted by Gasteiger charge is -2.23. The zero-order chi connectivity index (χ0) is 12.3. The Labute approximate surface area is 99.8 Å². The van der Waals surface area contributed by atoms with Crippen molar-refractivity contribution < 1.29 is 9.84 Å². The maximum Gasteiger partial charge on any atom is 0.148 e. The lowest BCUT2D eigenvalue weighted by atomic mass is 9.87. The van der Waals surface area contributed by atoms with Crippen molar-refractivity contribution >= 4 is 6.21 Å². The van der Waals surface area contributed by atoms with E-state index in [0.717, 1.165) is 11.3 Å². The first-order valence-electron chi connectivity index (χ1n) is 5.45. The van der Waals surface area contributed by atoms with Crippen LogP contribution in [0.2, 0.25) is 0 Å². The molecule has 0 aliphatic carbocycles. The molecule has 0 amide bonds. The first-order chi connectivity index (χ1) is 8.16. The van der Waals surface area contributed by atoms with E-state index in [-0.39, 0.29) is 0 Å². The van der Waals surface area contributed by atoms with Crippen LogP contribution < -0.4 is 4.74 Å². The van der Waals surface area contributed by atoms with Crippen LogP contribution in [-0.4, -0.2) is 24.5 Å². The summed E-state index contributed by atoms with van der Waals surface area (Å²) in [5.41, 5.74) is 0.255. The van der Waals surface area contributed by atoms with E-state index in [0.29, 0.717) is 6.42 Å². The molecule has 2 rings (SSSR count). The molecule has 0 bridgehead atoms. The largest absolute Gasteiger partial charge is 0.497 e. The van der Waals surface area contributed by atoms with E-state index in [1.54, 1.807) is 20.2 Å². The molecule has 90 valence electrons. The van der Waals surface area contributed by atoms with Gasteiger partial charge in [0.1, 0.15) is 11.3 Å². The smallest absolute Gasteiger partial charge is 0.148 e. The highest BCUT2D eigenvalue weighted by atomic mass is 16.5. The Morgan fingerprint density at radius 1 is 1.47 bits per heavy atom. The van der Waals surface area contributed by atoms with Crippen LogP contribution in [0.4, 0.5) is 0 Å². The molecule has 1 aliphatic heterocycles. The van der Waals surface area contributed by atoms with Crippen molar-refractivity contribution in [2.24, 2.45) is 15.4 Å². The van der Waals surface area contributed by atoms with Crippen LogP contribution in [0.5, 0.6) is 5.75 Å². The third-order valence-electron chi connectivity index (χ3n) is 2.72. The van der Waals surface area contributed by atoms with Gasteiger partial charge in [-0.05, 0) is 29.8 Å². The molecule has 0 radical (unpaired) electrons. The van der Waals surface area contributed by atoms with E-state index in [2.05, 4.69) is 15.4 Å². The van der Waals surface area contributed by atoms with E-state index in [1.165, 1.54) is 0 Å². The van der Waals surface area contributed by atoms with Gasteiger partial charge in [-0.3, -0.25) is 0 Å². The van der Waals surface area contributed by atoms with Crippen LogP contribution in [0, 0.1) is 0 Å². The van der Waals surface area contributed by atoms with Gasteiger partial charge in [-0.25, -0.2) is 0 Å². The number of rotatable bonds is 4. The van der Waals surface area contributed by atoms with Gasteiger partial charge in [0.05, 0.1) is 19.4 Å². The predicted octanol–water partition coefficient (Wildman–Crippen LogP) is 2.11. The number of hydrogen-bond acceptors (Lipinski definition) is 5. The summed E-state index contributed by atoms with van der Waals surface area (Å²) in [4.78, 5) is 0. The maximum atomic E-state index is 9.57. The second-order valence-corrected chi connectivity index (χ2v) is 4.14. The van der Waals surface area contributed by atoms with Gasteiger partial charge in [0.2, 0.25) is 0 Å². The summed E-state index contributed by atoms with van der Waals surface area (Å²) >= 11 is 0. The second kappa shape index (κ2) is 4.63. The third kappa shape index (κ3) is 2.34. The minimum atomic E-state index is -0.664. The normalized spacial score (nSPS) is 23.9. The summed E-state index contributed by atoms with van der Waals surface area (Å²) in [7, 11) is 1.62. The fourth-order valence-electron chi connectivity index (χ4n) is 1.94. The summed E-state index contributed by atoms with van der Waals surface area (Å²) in [5.74, 6) is 0.753. The molecule has 0 fully saturated rings. The molecule has 0 spiro atoms. The van der Waals surface area contributed by atoms with Crippen molar-refractivity contribution in [2.45, 2.75) is 25.0 Å². The van der Waals surface area contributed by atoms with Gasteiger partial charge in [0, 0.05) is 6.42 Å². The molecule has 2 unspecified atom stereocenters. The number of ether oxygens (including phenoxy) is 1. The van der Waals surface area contributed by atoms with E-state index in [9.17, 15) is 5.11 Å². The van der Waals surface area contributed by atoms with Gasteiger partial charge in [-0.15, -0.1) is 5.10 Å². The first kappa shape index (κ1) is 11.7. The predicted molar refractivity (Wildman–Crippen MR) is 64.3 cm³/mol. The van der Waals surface area contributed by atoms with Gasteiger partial charge >= 0.3 is 0 Å². The van der Waals surface area contributed by atoms with E-state index >= 15 is 0 Å². The van der Waals surface area contributed by atoms with Crippen molar-refractivity contribution in [3.05, 3.63) is 29.8 Å². The van der Waals surface area contributed by atoms with E-state index in [1.807, 2.05) is 24.3 Å². The molecule has 1 aliphatic rings. The third-order valence-corrected chi connectivity index (χ3v) is 2.72. The molecule has 1 aromatic rings. The van der Waals surface area contributed by atoms with Crippen molar-refractivity contribution in [1.29, 1.82) is 0 Å². The zero-order valence-electron chi connectivity index (χ0n) is 9.87. The van der Waals surface area contributed by atoms with Crippen LogP contribution in [0.25, 0.3) is 0 Å². The summed E-state index contributed by atoms with van der Waals surface area (Å²) in [6, 6.07) is 7.57. The molecule has 5 nitrogen and oxygen atoms in total. The van der Waals surface area contributed by atoms with Gasteiger partial charge in [0.15, 0.2) is 0 Å². The fraction of sp³-hybridized carbons (Fsp3) is 0.417. The fourth-order valence-corrected chi connectivity index (χ4v) is 1.94. The number of benzene rings is 1. The quantitative estimate of drug-likeness (QED) is 0.865. The van der Waals surface area contributed by atoms with Gasteiger partial charge in [0.25, 0.3) is 0 Å². The van der Waals surface area contributed by atoms with Crippen LogP contribution >= 0.6 is 0 Å². The van der Waals surface area contributed by atoms with Crippen LogP contribution in [0.3, 0.4) is 0 Å². The molecule has 1 aromatic carbocycles. The number of hydrogen-bond donors (Lipinski definition) is 1. The van der Waals surface area contributed by atoms with Crippen molar-refractivity contribution in [2.75, 3.05) is 7.11 Å². The summed E-state index contributed by atoms with van der Waals surface area (Å²) in [6.45, 7) is 1.73. The van der Waals surface area contributed by atoms with Gasteiger partial charge < -0.3 is 9.84 Å². The molecule has 17 heavy (non-hydrogen) atoms. The Balaban J connectivity index is 2.39. The van der Waals surface area contributed by atoms with Crippen molar-refractivity contribution in [3.8, 4) is 5.75 Å². The number of methoxy groups -OCH3 is 1. The molecule has 1 heterocycles. The Kier molecular flexibility index (Phi) is 3.19. The molecule has 2 atom stereocenters. The maximum absolute atomic E-state index is 9.57. The van der Waals surface area contributed by atoms with Crippen LogP contribution in [0.15, 0.2) is 39.7 Å². The summed E-state index contributed by atoms with van der Waals surface area (Å²) < 4.78 is 5.19. The van der Waals surface area contributed by atoms with E-state index in [4.69, 9.17) is 4.74 Å². The minimum absolute atomic E-state index is 0.452. The standard InChI is InChI=1S/C12H15N3O2/c1-9(16)7-12(8-13-15-14-12)10-4-3-5-11(6-10)17-2/h3-6,8-9,16H,7H2,1-2H3. The SMILES string of the molecule is COc1cccc(C2(CC(C)O)C=NN=N2)c1. The molecule has 5 heteroatoms. The van der Waals surface area contributed by atoms with Gasteiger partial charge in [-0.2, -0.15) is 5.11 Å². The zero-order valence-corrected chi connectivity index (χ0v) is 9.87. The lowest BCUT2D eigenvalue weighted by molar-refractivity contribution is 0.165.